The Morgan fingerprint density at radius 3 is 2.89 bits per heavy atom. The zero-order chi connectivity index (χ0) is 19.4. The fourth-order valence-corrected chi connectivity index (χ4v) is 3.26. The van der Waals surface area contributed by atoms with Crippen LogP contribution in [-0.4, -0.2) is 46.0 Å². The number of hydrogen-bond donors (Lipinski definition) is 2. The summed E-state index contributed by atoms with van der Waals surface area (Å²) >= 11 is 6.25. The van der Waals surface area contributed by atoms with Crippen molar-refractivity contribution in [2.45, 2.75) is 19.4 Å². The zero-order valence-electron chi connectivity index (χ0n) is 14.9. The van der Waals surface area contributed by atoms with Gasteiger partial charge in [0, 0.05) is 37.0 Å². The third kappa shape index (κ3) is 4.86. The normalized spacial score (nSPS) is 16.7. The van der Waals surface area contributed by atoms with Gasteiger partial charge in [-0.25, -0.2) is 9.78 Å². The Morgan fingerprint density at radius 1 is 1.37 bits per heavy atom. The minimum Gasteiger partial charge on any atom is -0.478 e. The number of benzene rings is 1. The number of anilines is 1. The van der Waals surface area contributed by atoms with E-state index in [1.807, 2.05) is 36.1 Å². The van der Waals surface area contributed by atoms with Gasteiger partial charge in [-0.3, -0.25) is 4.79 Å². The van der Waals surface area contributed by atoms with Crippen LogP contribution in [0.1, 0.15) is 27.9 Å². The van der Waals surface area contributed by atoms with Gasteiger partial charge in [0.15, 0.2) is 0 Å². The van der Waals surface area contributed by atoms with Gasteiger partial charge in [-0.05, 0) is 43.2 Å². The van der Waals surface area contributed by atoms with Crippen LogP contribution in [0.15, 0.2) is 42.6 Å². The molecule has 1 fully saturated rings. The number of carbonyl (C=O) groups is 2. The Balaban J connectivity index is 1.63. The second-order valence-electron chi connectivity index (χ2n) is 6.52. The number of hydrogen-bond acceptors (Lipinski definition) is 4. The van der Waals surface area contributed by atoms with Crippen molar-refractivity contribution in [1.29, 1.82) is 0 Å². The van der Waals surface area contributed by atoms with Crippen LogP contribution in [0.25, 0.3) is 6.08 Å². The number of pyridine rings is 1. The molecule has 7 heteroatoms. The van der Waals surface area contributed by atoms with E-state index in [-0.39, 0.29) is 11.9 Å². The summed E-state index contributed by atoms with van der Waals surface area (Å²) in [4.78, 5) is 29.3. The minimum absolute atomic E-state index is 0.0243. The summed E-state index contributed by atoms with van der Waals surface area (Å²) in [5, 5.41) is 12.4. The summed E-state index contributed by atoms with van der Waals surface area (Å²) in [7, 11) is 0. The van der Waals surface area contributed by atoms with E-state index in [0.29, 0.717) is 35.1 Å². The van der Waals surface area contributed by atoms with E-state index in [2.05, 4.69) is 10.3 Å². The maximum atomic E-state index is 12.6. The van der Waals surface area contributed by atoms with Crippen molar-refractivity contribution in [3.05, 3.63) is 64.3 Å². The highest BCUT2D eigenvalue weighted by atomic mass is 35.5. The van der Waals surface area contributed by atoms with Crippen LogP contribution in [0.2, 0.25) is 5.02 Å². The smallest absolute Gasteiger partial charge is 0.328 e. The summed E-state index contributed by atoms with van der Waals surface area (Å²) < 4.78 is 0. The van der Waals surface area contributed by atoms with Gasteiger partial charge in [-0.1, -0.05) is 29.3 Å². The Hall–Kier alpha value is -2.86. The van der Waals surface area contributed by atoms with Crippen LogP contribution in [0.5, 0.6) is 0 Å². The number of amides is 1. The van der Waals surface area contributed by atoms with E-state index in [9.17, 15) is 9.59 Å². The number of aryl methyl sites for hydroxylation is 1. The molecule has 0 bridgehead atoms. The van der Waals surface area contributed by atoms with Crippen molar-refractivity contribution in [3.8, 4) is 0 Å². The summed E-state index contributed by atoms with van der Waals surface area (Å²) in [6, 6.07) is 9.29. The van der Waals surface area contributed by atoms with Crippen LogP contribution >= 0.6 is 11.6 Å². The first-order valence-corrected chi connectivity index (χ1v) is 8.99. The summed E-state index contributed by atoms with van der Waals surface area (Å²) in [5.74, 6) is -0.479. The lowest BCUT2D eigenvalue weighted by Gasteiger charge is -2.18. The van der Waals surface area contributed by atoms with Gasteiger partial charge in [-0.15, -0.1) is 0 Å². The lowest BCUT2D eigenvalue weighted by molar-refractivity contribution is -0.131. The number of halogens is 1. The topological polar surface area (TPSA) is 82.5 Å². The molecule has 6 nitrogen and oxygen atoms in total. The molecule has 1 aliphatic rings. The number of carbonyl (C=O) groups excluding carboxylic acids is 1. The zero-order valence-corrected chi connectivity index (χ0v) is 15.6. The highest BCUT2D eigenvalue weighted by molar-refractivity contribution is 6.33. The minimum atomic E-state index is -1.03. The third-order valence-corrected chi connectivity index (χ3v) is 4.65. The van der Waals surface area contributed by atoms with Crippen LogP contribution in [0.3, 0.4) is 0 Å². The Labute approximate surface area is 162 Å². The van der Waals surface area contributed by atoms with E-state index in [1.165, 1.54) is 6.08 Å². The first-order chi connectivity index (χ1) is 12.9. The number of likely N-dealkylation sites (tertiary alicyclic amines) is 1. The van der Waals surface area contributed by atoms with Crippen LogP contribution in [0.4, 0.5) is 5.82 Å². The number of aromatic nitrogens is 1. The van der Waals surface area contributed by atoms with Crippen LogP contribution < -0.4 is 5.32 Å². The molecule has 1 aliphatic heterocycles. The molecule has 0 aliphatic carbocycles. The first-order valence-electron chi connectivity index (χ1n) is 8.61. The molecule has 2 heterocycles. The maximum absolute atomic E-state index is 12.6. The second kappa shape index (κ2) is 8.22. The number of carboxylic acids is 1. The largest absolute Gasteiger partial charge is 0.478 e. The van der Waals surface area contributed by atoms with Crippen molar-refractivity contribution < 1.29 is 14.7 Å². The summed E-state index contributed by atoms with van der Waals surface area (Å²) in [5.41, 5.74) is 2.36. The third-order valence-electron chi connectivity index (χ3n) is 4.36. The van der Waals surface area contributed by atoms with Crippen molar-refractivity contribution in [1.82, 2.24) is 9.88 Å². The standard InChI is InChI=1S/C20H20ClN3O3/c1-13-3-2-4-15(9-13)20(27)24-8-7-16(12-24)23-19-17(21)10-14(11-22-19)5-6-18(25)26/h2-6,9-11,16H,7-8,12H2,1H3,(H,22,23)(H,25,26)/b6-5+/t16-/m1/s1. The quantitative estimate of drug-likeness (QED) is 0.770. The van der Waals surface area contributed by atoms with Gasteiger partial charge in [-0.2, -0.15) is 0 Å². The molecule has 2 aromatic rings. The molecule has 0 spiro atoms. The SMILES string of the molecule is Cc1cccc(C(=O)N2CC[C@@H](Nc3ncc(/C=C/C(=O)O)cc3Cl)C2)c1. The molecule has 27 heavy (non-hydrogen) atoms. The lowest BCUT2D eigenvalue weighted by Crippen LogP contribution is -2.31. The monoisotopic (exact) mass is 385 g/mol. The number of nitrogens with one attached hydrogen (secondary N) is 1. The summed E-state index contributed by atoms with van der Waals surface area (Å²) in [6.07, 6.45) is 4.82. The van der Waals surface area contributed by atoms with Gasteiger partial charge in [0.2, 0.25) is 0 Å². The van der Waals surface area contributed by atoms with Gasteiger partial charge in [0.05, 0.1) is 5.02 Å². The molecule has 1 aromatic heterocycles. The molecular formula is C20H20ClN3O3. The van der Waals surface area contributed by atoms with Crippen molar-refractivity contribution in [2.24, 2.45) is 0 Å². The molecule has 1 atom stereocenters. The second-order valence-corrected chi connectivity index (χ2v) is 6.93. The molecule has 0 radical (unpaired) electrons. The first kappa shape index (κ1) is 18.9. The van der Waals surface area contributed by atoms with Crippen LogP contribution in [0, 0.1) is 6.92 Å². The number of rotatable bonds is 5. The molecule has 0 saturated carbocycles. The number of carboxylic acid groups (broad SMARTS) is 1. The van der Waals surface area contributed by atoms with Crippen molar-refractivity contribution >= 4 is 35.4 Å². The highest BCUT2D eigenvalue weighted by Gasteiger charge is 2.27. The van der Waals surface area contributed by atoms with Gasteiger partial charge in [0.1, 0.15) is 5.82 Å². The molecule has 140 valence electrons. The van der Waals surface area contributed by atoms with E-state index in [1.54, 1.807) is 12.3 Å². The van der Waals surface area contributed by atoms with Crippen molar-refractivity contribution in [2.75, 3.05) is 18.4 Å². The fraction of sp³-hybridized carbons (Fsp3) is 0.250. The molecule has 1 aromatic carbocycles. The predicted octanol–water partition coefficient (Wildman–Crippen LogP) is 3.47. The van der Waals surface area contributed by atoms with Crippen molar-refractivity contribution in [3.63, 3.8) is 0 Å². The van der Waals surface area contributed by atoms with Gasteiger partial charge < -0.3 is 15.3 Å². The van der Waals surface area contributed by atoms with Gasteiger partial charge >= 0.3 is 5.97 Å². The molecule has 2 N–H and O–H groups in total. The average Bonchev–Trinajstić information content (AvgIpc) is 3.10. The molecular weight excluding hydrogens is 366 g/mol. The Morgan fingerprint density at radius 2 is 2.19 bits per heavy atom. The van der Waals surface area contributed by atoms with E-state index in [4.69, 9.17) is 16.7 Å². The molecule has 0 unspecified atom stereocenters. The Kier molecular flexibility index (Phi) is 5.76. The van der Waals surface area contributed by atoms with Crippen LogP contribution in [-0.2, 0) is 4.79 Å². The molecule has 1 amide bonds. The lowest BCUT2D eigenvalue weighted by atomic mass is 10.1. The van der Waals surface area contributed by atoms with Gasteiger partial charge in [0.25, 0.3) is 5.91 Å². The predicted molar refractivity (Wildman–Crippen MR) is 105 cm³/mol. The average molecular weight is 386 g/mol. The molecule has 3 rings (SSSR count). The van der Waals surface area contributed by atoms with E-state index < -0.39 is 5.97 Å². The summed E-state index contributed by atoms with van der Waals surface area (Å²) in [6.45, 7) is 3.21. The Bertz CT molecular complexity index is 898. The maximum Gasteiger partial charge on any atom is 0.328 e. The number of aliphatic carboxylic acids is 1. The highest BCUT2D eigenvalue weighted by Crippen LogP contribution is 2.24. The van der Waals surface area contributed by atoms with E-state index in [0.717, 1.165) is 18.1 Å². The van der Waals surface area contributed by atoms with E-state index >= 15 is 0 Å². The molecule has 1 saturated heterocycles. The number of nitrogens with zero attached hydrogens (tertiary/aromatic N) is 2. The fourth-order valence-electron chi connectivity index (χ4n) is 3.03.